The molecule has 6 aromatic rings. The van der Waals surface area contributed by atoms with Gasteiger partial charge in [-0.05, 0) is 115 Å². The summed E-state index contributed by atoms with van der Waals surface area (Å²) >= 11 is -1.16. The van der Waals surface area contributed by atoms with Crippen molar-refractivity contribution in [3.63, 3.8) is 0 Å². The highest BCUT2D eigenvalue weighted by molar-refractivity contribution is 8.00. The average Bonchev–Trinajstić information content (AvgIpc) is 3.50. The van der Waals surface area contributed by atoms with Crippen molar-refractivity contribution < 1.29 is 35.3 Å². The van der Waals surface area contributed by atoms with Gasteiger partial charge in [0.2, 0.25) is 0 Å². The third kappa shape index (κ3) is 8.73. The fourth-order valence-corrected chi connectivity index (χ4v) is 9.63. The Morgan fingerprint density at radius 3 is 2.08 bits per heavy atom. The quantitative estimate of drug-likeness (QED) is 0.0627. The average molecular weight is 863 g/mol. The van der Waals surface area contributed by atoms with E-state index in [1.54, 1.807) is 54.6 Å². The molecule has 0 radical (unpaired) electrons. The summed E-state index contributed by atoms with van der Waals surface area (Å²) in [5.41, 5.74) is 6.38. The first-order valence-corrected chi connectivity index (χ1v) is 21.6. The van der Waals surface area contributed by atoms with E-state index in [2.05, 4.69) is 19.2 Å². The van der Waals surface area contributed by atoms with Gasteiger partial charge in [0.15, 0.2) is 4.90 Å². The van der Waals surface area contributed by atoms with Gasteiger partial charge in [-0.1, -0.05) is 30.3 Å². The van der Waals surface area contributed by atoms with E-state index in [9.17, 15) is 35.3 Å². The minimum absolute atomic E-state index is 0.160. The Balaban J connectivity index is 1.03. The number of piperazine rings is 1. The molecule has 59 heavy (non-hydrogen) atoms. The number of anilines is 4. The molecule has 1 unspecified atom stereocenters. The predicted octanol–water partition coefficient (Wildman–Crippen LogP) is 8.78. The SMILES string of the molecule is Cc1c(C(N)=O)c(-c2cccc(N3CCN(c4ccc(N[S+]([O-])c5ccc(NSc6ccccc6)c(S(=O)(=O)C(F)(F)F)c5)cc4)CC3)c2)c(-c2ccc(F)cc2)n1C. The van der Waals surface area contributed by atoms with E-state index in [-0.39, 0.29) is 16.4 Å². The Morgan fingerprint density at radius 1 is 0.814 bits per heavy atom. The summed E-state index contributed by atoms with van der Waals surface area (Å²) < 4.78 is 101. The molecule has 17 heteroatoms. The summed E-state index contributed by atoms with van der Waals surface area (Å²) in [4.78, 5) is 16.6. The van der Waals surface area contributed by atoms with Crippen LogP contribution in [0.1, 0.15) is 16.1 Å². The van der Waals surface area contributed by atoms with Crippen LogP contribution in [-0.2, 0) is 28.2 Å². The van der Waals surface area contributed by atoms with Gasteiger partial charge in [0.25, 0.3) is 15.7 Å². The number of carbonyl (C=O) groups is 1. The summed E-state index contributed by atoms with van der Waals surface area (Å²) in [6, 6.07) is 33.0. The van der Waals surface area contributed by atoms with E-state index in [1.165, 1.54) is 18.2 Å². The standard InChI is InChI=1S/C42H38F4N6O4S3/c1-27-38(41(47)53)39(40(50(27)2)28-11-13-30(43)14-12-28)29-7-6-8-33(25-29)52-23-21-51(22-24-52)32-17-15-31(16-18-32)49-58(54)35-19-20-36(48-57-34-9-4-3-5-10-34)37(26-35)59(55,56)42(44,45)46/h3-20,25-26,48-49H,21-24H2,1-2H3,(H2,47,53). The molecule has 1 fully saturated rings. The Morgan fingerprint density at radius 2 is 1.46 bits per heavy atom. The summed E-state index contributed by atoms with van der Waals surface area (Å²) in [6.45, 7) is 4.51. The molecular weight excluding hydrogens is 825 g/mol. The number of nitrogens with zero attached hydrogens (tertiary/aromatic N) is 3. The van der Waals surface area contributed by atoms with Crippen LogP contribution in [-0.4, -0.2) is 55.1 Å². The van der Waals surface area contributed by atoms with Gasteiger partial charge in [-0.25, -0.2) is 17.5 Å². The van der Waals surface area contributed by atoms with Crippen LogP contribution < -0.4 is 25.0 Å². The number of hydrogen-bond donors (Lipinski definition) is 3. The Labute approximate surface area is 346 Å². The molecule has 7 rings (SSSR count). The molecule has 1 amide bonds. The molecule has 5 aromatic carbocycles. The number of nitrogens with one attached hydrogen (secondary N) is 2. The number of benzene rings is 5. The van der Waals surface area contributed by atoms with Crippen molar-refractivity contribution in [1.82, 2.24) is 4.57 Å². The van der Waals surface area contributed by atoms with Crippen LogP contribution in [0.25, 0.3) is 22.4 Å². The third-order valence-corrected chi connectivity index (χ3v) is 13.5. The number of primary amides is 1. The molecule has 4 N–H and O–H groups in total. The van der Waals surface area contributed by atoms with Gasteiger partial charge in [0.05, 0.1) is 22.6 Å². The van der Waals surface area contributed by atoms with Crippen molar-refractivity contribution in [2.45, 2.75) is 27.1 Å². The second-order valence-electron chi connectivity index (χ2n) is 13.7. The van der Waals surface area contributed by atoms with Crippen LogP contribution in [0, 0.1) is 12.7 Å². The summed E-state index contributed by atoms with van der Waals surface area (Å²) in [5.74, 6) is -0.921. The third-order valence-electron chi connectivity index (χ3n) is 10.1. The van der Waals surface area contributed by atoms with Crippen LogP contribution in [0.5, 0.6) is 0 Å². The lowest BCUT2D eigenvalue weighted by Gasteiger charge is -2.37. The summed E-state index contributed by atoms with van der Waals surface area (Å²) in [7, 11) is -3.94. The van der Waals surface area contributed by atoms with Gasteiger partial charge in [0.1, 0.15) is 22.1 Å². The zero-order valence-corrected chi connectivity index (χ0v) is 34.1. The van der Waals surface area contributed by atoms with E-state index in [4.69, 9.17) is 5.73 Å². The number of halogens is 4. The smallest absolute Gasteiger partial charge is 0.501 e. The van der Waals surface area contributed by atoms with Crippen LogP contribution in [0.3, 0.4) is 0 Å². The van der Waals surface area contributed by atoms with Crippen molar-refractivity contribution in [1.29, 1.82) is 0 Å². The molecule has 1 saturated heterocycles. The van der Waals surface area contributed by atoms with E-state index in [0.29, 0.717) is 53.6 Å². The molecule has 0 aliphatic carbocycles. The topological polar surface area (TPSA) is 136 Å². The number of aromatic nitrogens is 1. The highest BCUT2D eigenvalue weighted by Crippen LogP contribution is 2.41. The largest absolute Gasteiger partial charge is 0.588 e. The Bertz CT molecular complexity index is 2580. The van der Waals surface area contributed by atoms with Crippen molar-refractivity contribution in [3.8, 4) is 22.4 Å². The van der Waals surface area contributed by atoms with E-state index in [1.807, 2.05) is 54.9 Å². The number of rotatable bonds is 12. The second-order valence-corrected chi connectivity index (χ2v) is 17.7. The summed E-state index contributed by atoms with van der Waals surface area (Å²) in [6.07, 6.45) is 0. The molecule has 0 spiro atoms. The van der Waals surface area contributed by atoms with Crippen LogP contribution in [0.4, 0.5) is 40.3 Å². The minimum atomic E-state index is -5.79. The lowest BCUT2D eigenvalue weighted by atomic mass is 9.96. The second kappa shape index (κ2) is 16.9. The van der Waals surface area contributed by atoms with Gasteiger partial charge in [-0.3, -0.25) is 4.79 Å². The zero-order valence-electron chi connectivity index (χ0n) is 31.7. The zero-order chi connectivity index (χ0) is 42.1. The van der Waals surface area contributed by atoms with Crippen LogP contribution in [0.15, 0.2) is 136 Å². The molecule has 1 aliphatic rings. The number of amides is 1. The van der Waals surface area contributed by atoms with Gasteiger partial charge in [-0.2, -0.15) is 13.2 Å². The fourth-order valence-electron chi connectivity index (χ4n) is 6.97. The monoisotopic (exact) mass is 862 g/mol. The van der Waals surface area contributed by atoms with Gasteiger partial charge in [-0.15, -0.1) is 0 Å². The number of alkyl halides is 3. The number of sulfone groups is 1. The molecule has 1 aliphatic heterocycles. The molecule has 10 nitrogen and oxygen atoms in total. The maximum Gasteiger partial charge on any atom is 0.501 e. The molecule has 1 atom stereocenters. The number of hydrogen-bond acceptors (Lipinski definition) is 9. The predicted molar refractivity (Wildman–Crippen MR) is 226 cm³/mol. The lowest BCUT2D eigenvalue weighted by Crippen LogP contribution is -2.46. The van der Waals surface area contributed by atoms with E-state index in [0.717, 1.165) is 52.3 Å². The van der Waals surface area contributed by atoms with E-state index < -0.39 is 37.5 Å². The van der Waals surface area contributed by atoms with Gasteiger partial charge >= 0.3 is 5.51 Å². The van der Waals surface area contributed by atoms with Crippen molar-refractivity contribution >= 4 is 61.8 Å². The molecule has 1 aromatic heterocycles. The molecule has 0 bridgehead atoms. The van der Waals surface area contributed by atoms with Crippen molar-refractivity contribution in [3.05, 3.63) is 138 Å². The molecule has 0 saturated carbocycles. The first-order chi connectivity index (χ1) is 28.1. The molecular formula is C42H38F4N6O4S3. The number of nitrogens with two attached hydrogens (primary N) is 1. The van der Waals surface area contributed by atoms with Crippen LogP contribution in [0.2, 0.25) is 0 Å². The van der Waals surface area contributed by atoms with Crippen molar-refractivity contribution in [2.24, 2.45) is 12.8 Å². The maximum absolute atomic E-state index is 13.8. The molecule has 306 valence electrons. The Hall–Kier alpha value is -5.62. The number of carbonyl (C=O) groups excluding carboxylic acids is 1. The first-order valence-electron chi connectivity index (χ1n) is 18.2. The lowest BCUT2D eigenvalue weighted by molar-refractivity contribution is -0.0435. The van der Waals surface area contributed by atoms with Gasteiger partial charge < -0.3 is 29.4 Å². The Kier molecular flexibility index (Phi) is 11.9. The normalized spacial score (nSPS) is 13.9. The first kappa shape index (κ1) is 41.5. The fraction of sp³-hybridized carbons (Fsp3) is 0.167. The van der Waals surface area contributed by atoms with Crippen LogP contribution >= 0.6 is 11.9 Å². The minimum Gasteiger partial charge on any atom is -0.588 e. The molecule has 2 heterocycles. The van der Waals surface area contributed by atoms with Crippen molar-refractivity contribution in [2.75, 3.05) is 45.4 Å². The van der Waals surface area contributed by atoms with E-state index >= 15 is 0 Å². The summed E-state index contributed by atoms with van der Waals surface area (Å²) in [5, 5.41) is 0. The maximum atomic E-state index is 13.8. The highest BCUT2D eigenvalue weighted by Gasteiger charge is 2.48. The highest BCUT2D eigenvalue weighted by atomic mass is 32.2. The van der Waals surface area contributed by atoms with Gasteiger partial charge in [0, 0.05) is 66.8 Å².